The van der Waals surface area contributed by atoms with Gasteiger partial charge in [-0.05, 0) is 45.8 Å². The molecule has 120 valence electrons. The van der Waals surface area contributed by atoms with Gasteiger partial charge in [0.1, 0.15) is 0 Å². The second kappa shape index (κ2) is 6.75. The molecule has 0 unspecified atom stereocenters. The third-order valence-corrected chi connectivity index (χ3v) is 7.17. The second-order valence-electron chi connectivity index (χ2n) is 5.95. The summed E-state index contributed by atoms with van der Waals surface area (Å²) in [5.41, 5.74) is 5.62. The van der Waals surface area contributed by atoms with Crippen molar-refractivity contribution in [3.8, 4) is 0 Å². The van der Waals surface area contributed by atoms with E-state index in [2.05, 4.69) is 19.0 Å². The van der Waals surface area contributed by atoms with Crippen LogP contribution < -0.4 is 5.73 Å². The van der Waals surface area contributed by atoms with Crippen molar-refractivity contribution in [1.29, 1.82) is 0 Å². The predicted octanol–water partition coefficient (Wildman–Crippen LogP) is 1.48. The Morgan fingerprint density at radius 1 is 1.38 bits per heavy atom. The number of aryl methyl sites for hydroxylation is 1. The Balaban J connectivity index is 2.09. The van der Waals surface area contributed by atoms with Crippen molar-refractivity contribution < 1.29 is 8.42 Å². The van der Waals surface area contributed by atoms with Gasteiger partial charge in [0.2, 0.25) is 10.0 Å². The highest BCUT2D eigenvalue weighted by atomic mass is 32.2. The maximum atomic E-state index is 12.7. The quantitative estimate of drug-likeness (QED) is 0.887. The molecule has 0 saturated carbocycles. The summed E-state index contributed by atoms with van der Waals surface area (Å²) in [5.74, 6) is 0.592. The second-order valence-corrected chi connectivity index (χ2v) is 9.19. The average molecular weight is 332 g/mol. The van der Waals surface area contributed by atoms with Crippen LogP contribution in [0.4, 0.5) is 0 Å². The zero-order valence-electron chi connectivity index (χ0n) is 13.0. The zero-order valence-corrected chi connectivity index (χ0v) is 14.6. The van der Waals surface area contributed by atoms with Gasteiger partial charge in [-0.15, -0.1) is 11.3 Å². The van der Waals surface area contributed by atoms with E-state index in [4.69, 9.17) is 5.73 Å². The molecule has 5 nitrogen and oxygen atoms in total. The fourth-order valence-electron chi connectivity index (χ4n) is 2.87. The molecule has 1 aliphatic heterocycles. The van der Waals surface area contributed by atoms with Crippen molar-refractivity contribution >= 4 is 21.4 Å². The van der Waals surface area contributed by atoms with E-state index in [-0.39, 0.29) is 0 Å². The monoisotopic (exact) mass is 331 g/mol. The van der Waals surface area contributed by atoms with Crippen molar-refractivity contribution in [3.63, 3.8) is 0 Å². The smallest absolute Gasteiger partial charge is 0.244 e. The van der Waals surface area contributed by atoms with Crippen molar-refractivity contribution in [2.45, 2.75) is 31.2 Å². The summed E-state index contributed by atoms with van der Waals surface area (Å²) in [6.45, 7) is 4.52. The molecule has 1 saturated heterocycles. The van der Waals surface area contributed by atoms with Gasteiger partial charge >= 0.3 is 0 Å². The molecule has 0 aliphatic carbocycles. The lowest BCUT2D eigenvalue weighted by Crippen LogP contribution is -2.40. The molecule has 1 aromatic rings. The first kappa shape index (κ1) is 16.9. The Labute approximate surface area is 131 Å². The molecule has 7 heteroatoms. The first-order valence-corrected chi connectivity index (χ1v) is 9.54. The number of thiophene rings is 1. The Morgan fingerprint density at radius 3 is 2.48 bits per heavy atom. The number of piperidine rings is 1. The van der Waals surface area contributed by atoms with Crippen LogP contribution >= 0.6 is 11.3 Å². The fourth-order valence-corrected chi connectivity index (χ4v) is 5.82. The lowest BCUT2D eigenvalue weighted by Gasteiger charge is -2.32. The lowest BCUT2D eigenvalue weighted by molar-refractivity contribution is 0.225. The van der Waals surface area contributed by atoms with Crippen molar-refractivity contribution in [3.05, 3.63) is 15.8 Å². The Bertz CT molecular complexity index is 573. The molecule has 1 fully saturated rings. The number of hydrogen-bond acceptors (Lipinski definition) is 5. The summed E-state index contributed by atoms with van der Waals surface area (Å²) in [5, 5.41) is 0. The predicted molar refractivity (Wildman–Crippen MR) is 87.0 cm³/mol. The zero-order chi connectivity index (χ0) is 15.6. The molecule has 21 heavy (non-hydrogen) atoms. The van der Waals surface area contributed by atoms with Crippen molar-refractivity contribution in [1.82, 2.24) is 9.21 Å². The van der Waals surface area contributed by atoms with E-state index in [1.54, 1.807) is 10.4 Å². The molecule has 2 N–H and O–H groups in total. The summed E-state index contributed by atoms with van der Waals surface area (Å²) in [4.78, 5) is 4.38. The number of sulfonamides is 1. The lowest BCUT2D eigenvalue weighted by atomic mass is 9.98. The summed E-state index contributed by atoms with van der Waals surface area (Å²) in [7, 11) is 0.764. The third kappa shape index (κ3) is 3.84. The molecule has 0 amide bonds. The molecule has 0 aromatic carbocycles. The molecule has 2 heterocycles. The standard InChI is InChI=1S/C14H25N3O2S2/c1-11-14(8-13(9-15)20-11)21(18,19)17-6-4-12(5-7-17)10-16(2)3/h8,12H,4-7,9-10,15H2,1-3H3. The first-order chi connectivity index (χ1) is 9.84. The summed E-state index contributed by atoms with van der Waals surface area (Å²) in [6, 6.07) is 1.74. The van der Waals surface area contributed by atoms with Crippen LogP contribution in [0.1, 0.15) is 22.6 Å². The van der Waals surface area contributed by atoms with Gasteiger partial charge in [0, 0.05) is 35.9 Å². The topological polar surface area (TPSA) is 66.6 Å². The maximum absolute atomic E-state index is 12.7. The van der Waals surface area contributed by atoms with E-state index >= 15 is 0 Å². The molecule has 2 rings (SSSR count). The minimum atomic E-state index is -3.36. The third-order valence-electron chi connectivity index (χ3n) is 3.94. The Kier molecular flexibility index (Phi) is 5.43. The highest BCUT2D eigenvalue weighted by Gasteiger charge is 2.31. The maximum Gasteiger partial charge on any atom is 0.244 e. The van der Waals surface area contributed by atoms with Gasteiger partial charge in [-0.25, -0.2) is 8.42 Å². The molecule has 0 atom stereocenters. The average Bonchev–Trinajstić information content (AvgIpc) is 2.81. The Morgan fingerprint density at radius 2 is 2.00 bits per heavy atom. The van der Waals surface area contributed by atoms with Crippen LogP contribution in [0.5, 0.6) is 0 Å². The van der Waals surface area contributed by atoms with E-state index in [0.717, 1.165) is 29.1 Å². The highest BCUT2D eigenvalue weighted by molar-refractivity contribution is 7.89. The number of hydrogen-bond donors (Lipinski definition) is 1. The van der Waals surface area contributed by atoms with Gasteiger partial charge < -0.3 is 10.6 Å². The molecule has 0 spiro atoms. The van der Waals surface area contributed by atoms with Crippen molar-refractivity contribution in [2.75, 3.05) is 33.7 Å². The van der Waals surface area contributed by atoms with E-state index in [9.17, 15) is 8.42 Å². The molecular formula is C14H25N3O2S2. The normalized spacial score (nSPS) is 18.5. The van der Waals surface area contributed by atoms with E-state index in [1.165, 1.54) is 11.3 Å². The van der Waals surface area contributed by atoms with Gasteiger partial charge in [-0.2, -0.15) is 4.31 Å². The van der Waals surface area contributed by atoms with Crippen LogP contribution in [0.3, 0.4) is 0 Å². The minimum absolute atomic E-state index is 0.395. The molecule has 0 bridgehead atoms. The number of nitrogens with zero attached hydrogens (tertiary/aromatic N) is 2. The van der Waals surface area contributed by atoms with Crippen LogP contribution in [0.25, 0.3) is 0 Å². The van der Waals surface area contributed by atoms with E-state index < -0.39 is 10.0 Å². The number of nitrogens with two attached hydrogens (primary N) is 1. The Hall–Kier alpha value is -0.470. The largest absolute Gasteiger partial charge is 0.326 e. The summed E-state index contributed by atoms with van der Waals surface area (Å²) >= 11 is 1.48. The van der Waals surface area contributed by atoms with Crippen LogP contribution in [0.15, 0.2) is 11.0 Å². The summed E-state index contributed by atoms with van der Waals surface area (Å²) in [6.07, 6.45) is 1.87. The van der Waals surface area contributed by atoms with Crippen LogP contribution in [0, 0.1) is 12.8 Å². The number of rotatable bonds is 5. The van der Waals surface area contributed by atoms with E-state index in [0.29, 0.717) is 30.4 Å². The van der Waals surface area contributed by atoms with Crippen LogP contribution in [0.2, 0.25) is 0 Å². The molecule has 1 aromatic heterocycles. The van der Waals surface area contributed by atoms with E-state index in [1.807, 2.05) is 6.92 Å². The molecule has 1 aliphatic rings. The van der Waals surface area contributed by atoms with Gasteiger partial charge in [0.15, 0.2) is 0 Å². The van der Waals surface area contributed by atoms with Gasteiger partial charge in [-0.3, -0.25) is 0 Å². The first-order valence-electron chi connectivity index (χ1n) is 7.29. The molecular weight excluding hydrogens is 306 g/mol. The van der Waals surface area contributed by atoms with Gasteiger partial charge in [0.25, 0.3) is 0 Å². The van der Waals surface area contributed by atoms with Gasteiger partial charge in [-0.1, -0.05) is 0 Å². The highest BCUT2D eigenvalue weighted by Crippen LogP contribution is 2.30. The van der Waals surface area contributed by atoms with Crippen molar-refractivity contribution in [2.24, 2.45) is 11.7 Å². The molecule has 0 radical (unpaired) electrons. The summed E-state index contributed by atoms with van der Waals surface area (Å²) < 4.78 is 27.1. The fraction of sp³-hybridized carbons (Fsp3) is 0.714. The van der Waals surface area contributed by atoms with Gasteiger partial charge in [0.05, 0.1) is 4.90 Å². The van der Waals surface area contributed by atoms with Crippen LogP contribution in [-0.2, 0) is 16.6 Å². The van der Waals surface area contributed by atoms with Crippen LogP contribution in [-0.4, -0.2) is 51.4 Å². The minimum Gasteiger partial charge on any atom is -0.326 e. The SMILES string of the molecule is Cc1sc(CN)cc1S(=O)(=O)N1CCC(CN(C)C)CC1.